The van der Waals surface area contributed by atoms with Gasteiger partial charge in [-0.2, -0.15) is 0 Å². The molecule has 1 aliphatic carbocycles. The van der Waals surface area contributed by atoms with Crippen molar-refractivity contribution in [2.24, 2.45) is 17.8 Å². The van der Waals surface area contributed by atoms with Crippen molar-refractivity contribution in [2.45, 2.75) is 104 Å². The second-order valence-corrected chi connectivity index (χ2v) is 7.71. The quantitative estimate of drug-likeness (QED) is 0.518. The predicted octanol–water partition coefficient (Wildman–Crippen LogP) is 5.95. The minimum atomic E-state index is -0.366. The minimum Gasteiger partial charge on any atom is -0.390 e. The molecule has 1 nitrogen and oxygen atoms in total. The van der Waals surface area contributed by atoms with Crippen molar-refractivity contribution in [2.75, 3.05) is 0 Å². The first-order valence-electron chi connectivity index (χ1n) is 9.22. The van der Waals surface area contributed by atoms with E-state index in [2.05, 4.69) is 27.7 Å². The fourth-order valence-corrected chi connectivity index (χ4v) is 4.22. The van der Waals surface area contributed by atoms with E-state index in [1.54, 1.807) is 0 Å². The molecule has 0 aromatic heterocycles. The van der Waals surface area contributed by atoms with Crippen LogP contribution in [0.4, 0.5) is 0 Å². The van der Waals surface area contributed by atoms with Crippen LogP contribution in [0.3, 0.4) is 0 Å². The normalized spacial score (nSPS) is 30.9. The minimum absolute atomic E-state index is 0.366. The molecule has 20 heavy (non-hydrogen) atoms. The summed E-state index contributed by atoms with van der Waals surface area (Å²) in [5.41, 5.74) is -0.366. The van der Waals surface area contributed by atoms with Gasteiger partial charge in [0, 0.05) is 0 Å². The highest BCUT2D eigenvalue weighted by molar-refractivity contribution is 4.93. The van der Waals surface area contributed by atoms with E-state index in [0.717, 1.165) is 12.8 Å². The number of hydrogen-bond donors (Lipinski definition) is 1. The fourth-order valence-electron chi connectivity index (χ4n) is 4.22. The molecule has 0 aromatic rings. The van der Waals surface area contributed by atoms with Crippen LogP contribution in [0.2, 0.25) is 0 Å². The maximum atomic E-state index is 11.1. The van der Waals surface area contributed by atoms with E-state index >= 15 is 0 Å². The summed E-state index contributed by atoms with van der Waals surface area (Å²) in [5.74, 6) is 1.86. The largest absolute Gasteiger partial charge is 0.390 e. The van der Waals surface area contributed by atoms with Crippen LogP contribution in [0.1, 0.15) is 98.3 Å². The summed E-state index contributed by atoms with van der Waals surface area (Å²) < 4.78 is 0. The van der Waals surface area contributed by atoms with Crippen molar-refractivity contribution < 1.29 is 5.11 Å². The highest BCUT2D eigenvalue weighted by atomic mass is 16.3. The standard InChI is InChI=1S/C19H38O/c1-5-6-7-8-9-10-11-14-19(20)15-17(4)12-13-18(19)16(2)3/h16-18,20H,5-15H2,1-4H3. The smallest absolute Gasteiger partial charge is 0.0680 e. The van der Waals surface area contributed by atoms with E-state index in [9.17, 15) is 5.11 Å². The topological polar surface area (TPSA) is 20.2 Å². The van der Waals surface area contributed by atoms with Crippen LogP contribution in [0.25, 0.3) is 0 Å². The third-order valence-electron chi connectivity index (χ3n) is 5.38. The Morgan fingerprint density at radius 3 is 2.20 bits per heavy atom. The van der Waals surface area contributed by atoms with Gasteiger partial charge in [-0.15, -0.1) is 0 Å². The van der Waals surface area contributed by atoms with Crippen LogP contribution in [0, 0.1) is 17.8 Å². The van der Waals surface area contributed by atoms with Gasteiger partial charge in [0.25, 0.3) is 0 Å². The molecule has 0 aliphatic heterocycles. The number of rotatable bonds is 9. The first-order chi connectivity index (χ1) is 9.49. The van der Waals surface area contributed by atoms with Crippen LogP contribution in [0.15, 0.2) is 0 Å². The molecule has 1 heteroatoms. The Bertz CT molecular complexity index is 248. The van der Waals surface area contributed by atoms with Crippen LogP contribution < -0.4 is 0 Å². The van der Waals surface area contributed by atoms with Crippen LogP contribution >= 0.6 is 0 Å². The van der Waals surface area contributed by atoms with Gasteiger partial charge >= 0.3 is 0 Å². The summed E-state index contributed by atoms with van der Waals surface area (Å²) in [4.78, 5) is 0. The number of unbranched alkanes of at least 4 members (excludes halogenated alkanes) is 6. The van der Waals surface area contributed by atoms with Crippen molar-refractivity contribution in [1.82, 2.24) is 0 Å². The molecule has 120 valence electrons. The first-order valence-corrected chi connectivity index (χ1v) is 9.22. The molecular weight excluding hydrogens is 244 g/mol. The Balaban J connectivity index is 2.30. The Morgan fingerprint density at radius 2 is 1.60 bits per heavy atom. The van der Waals surface area contributed by atoms with Gasteiger partial charge in [0.15, 0.2) is 0 Å². The lowest BCUT2D eigenvalue weighted by molar-refractivity contribution is -0.0871. The maximum absolute atomic E-state index is 11.1. The van der Waals surface area contributed by atoms with E-state index in [4.69, 9.17) is 0 Å². The van der Waals surface area contributed by atoms with Crippen LogP contribution in [-0.4, -0.2) is 10.7 Å². The van der Waals surface area contributed by atoms with Gasteiger partial charge in [-0.3, -0.25) is 0 Å². The van der Waals surface area contributed by atoms with Gasteiger partial charge in [-0.1, -0.05) is 79.1 Å². The molecule has 3 unspecified atom stereocenters. The van der Waals surface area contributed by atoms with Crippen molar-refractivity contribution in [3.63, 3.8) is 0 Å². The monoisotopic (exact) mass is 282 g/mol. The van der Waals surface area contributed by atoms with Gasteiger partial charge in [0.1, 0.15) is 0 Å². The van der Waals surface area contributed by atoms with E-state index in [-0.39, 0.29) is 5.60 Å². The number of aliphatic hydroxyl groups is 1. The zero-order chi connectivity index (χ0) is 15.0. The number of hydrogen-bond acceptors (Lipinski definition) is 1. The van der Waals surface area contributed by atoms with E-state index in [1.165, 1.54) is 57.8 Å². The lowest BCUT2D eigenvalue weighted by Gasteiger charge is -2.45. The Hall–Kier alpha value is -0.0400. The van der Waals surface area contributed by atoms with Gasteiger partial charge in [0.05, 0.1) is 5.60 Å². The van der Waals surface area contributed by atoms with Crippen molar-refractivity contribution in [3.05, 3.63) is 0 Å². The van der Waals surface area contributed by atoms with Gasteiger partial charge in [-0.25, -0.2) is 0 Å². The maximum Gasteiger partial charge on any atom is 0.0680 e. The lowest BCUT2D eigenvalue weighted by Crippen LogP contribution is -2.45. The molecule has 0 heterocycles. The molecule has 0 bridgehead atoms. The summed E-state index contributed by atoms with van der Waals surface area (Å²) in [6, 6.07) is 0. The van der Waals surface area contributed by atoms with E-state index in [1.807, 2.05) is 0 Å². The molecule has 0 aromatic carbocycles. The Morgan fingerprint density at radius 1 is 1.00 bits per heavy atom. The van der Waals surface area contributed by atoms with E-state index in [0.29, 0.717) is 17.8 Å². The third-order valence-corrected chi connectivity index (χ3v) is 5.38. The summed E-state index contributed by atoms with van der Waals surface area (Å²) in [6.45, 7) is 9.16. The first kappa shape index (κ1) is 18.0. The average molecular weight is 283 g/mol. The SMILES string of the molecule is CCCCCCCCCC1(O)CC(C)CCC1C(C)C. The molecule has 0 spiro atoms. The van der Waals surface area contributed by atoms with Crippen molar-refractivity contribution >= 4 is 0 Å². The molecule has 1 rings (SSSR count). The molecule has 1 aliphatic rings. The van der Waals surface area contributed by atoms with Gasteiger partial charge in [-0.05, 0) is 37.0 Å². The van der Waals surface area contributed by atoms with Crippen LogP contribution in [-0.2, 0) is 0 Å². The molecule has 1 saturated carbocycles. The lowest BCUT2D eigenvalue weighted by atomic mass is 9.65. The summed E-state index contributed by atoms with van der Waals surface area (Å²) >= 11 is 0. The second-order valence-electron chi connectivity index (χ2n) is 7.71. The van der Waals surface area contributed by atoms with Crippen LogP contribution in [0.5, 0.6) is 0 Å². The molecule has 0 amide bonds. The Labute approximate surface area is 127 Å². The van der Waals surface area contributed by atoms with E-state index < -0.39 is 0 Å². The molecule has 1 N–H and O–H groups in total. The molecule has 1 fully saturated rings. The Kier molecular flexibility index (Phi) is 8.17. The van der Waals surface area contributed by atoms with Crippen molar-refractivity contribution in [1.29, 1.82) is 0 Å². The summed E-state index contributed by atoms with van der Waals surface area (Å²) in [6.07, 6.45) is 14.0. The average Bonchev–Trinajstić information content (AvgIpc) is 2.37. The zero-order valence-corrected chi connectivity index (χ0v) is 14.5. The molecule has 3 atom stereocenters. The zero-order valence-electron chi connectivity index (χ0n) is 14.5. The summed E-state index contributed by atoms with van der Waals surface area (Å²) in [7, 11) is 0. The molecule has 0 radical (unpaired) electrons. The summed E-state index contributed by atoms with van der Waals surface area (Å²) in [5, 5.41) is 11.1. The van der Waals surface area contributed by atoms with Crippen molar-refractivity contribution in [3.8, 4) is 0 Å². The second kappa shape index (κ2) is 9.07. The highest BCUT2D eigenvalue weighted by Gasteiger charge is 2.41. The van der Waals surface area contributed by atoms with Gasteiger partial charge in [0.2, 0.25) is 0 Å². The predicted molar refractivity (Wildman–Crippen MR) is 88.9 cm³/mol. The highest BCUT2D eigenvalue weighted by Crippen LogP contribution is 2.43. The van der Waals surface area contributed by atoms with Gasteiger partial charge < -0.3 is 5.11 Å². The third kappa shape index (κ3) is 5.76. The molecule has 0 saturated heterocycles. The molecular formula is C19H38O. The fraction of sp³-hybridized carbons (Fsp3) is 1.00.